The van der Waals surface area contributed by atoms with E-state index >= 15 is 0 Å². The van der Waals surface area contributed by atoms with Gasteiger partial charge in [-0.15, -0.1) is 0 Å². The number of hydrogen-bond acceptors (Lipinski definition) is 7. The number of aryl methyl sites for hydroxylation is 1. The summed E-state index contributed by atoms with van der Waals surface area (Å²) in [5.41, 5.74) is 1.47. The average molecular weight is 438 g/mol. The van der Waals surface area contributed by atoms with E-state index < -0.39 is 17.6 Å². The van der Waals surface area contributed by atoms with Crippen molar-refractivity contribution in [3.63, 3.8) is 0 Å². The first-order valence-corrected chi connectivity index (χ1v) is 12.2. The zero-order chi connectivity index (χ0) is 21.4. The Labute approximate surface area is 173 Å². The van der Waals surface area contributed by atoms with Crippen LogP contribution in [0.2, 0.25) is 0 Å². The summed E-state index contributed by atoms with van der Waals surface area (Å²) >= 11 is 1.16. The van der Waals surface area contributed by atoms with Crippen LogP contribution in [0.1, 0.15) is 36.2 Å². The van der Waals surface area contributed by atoms with Gasteiger partial charge in [-0.05, 0) is 67.5 Å². The van der Waals surface area contributed by atoms with Crippen molar-refractivity contribution in [2.24, 2.45) is 0 Å². The van der Waals surface area contributed by atoms with Gasteiger partial charge in [-0.1, -0.05) is 6.92 Å². The van der Waals surface area contributed by atoms with Crippen LogP contribution >= 0.6 is 18.2 Å². The van der Waals surface area contributed by atoms with E-state index in [0.29, 0.717) is 28.3 Å². The number of hydrogen-bond donors (Lipinski definition) is 1. The van der Waals surface area contributed by atoms with Gasteiger partial charge in [0.05, 0.1) is 11.5 Å². The molecular weight excluding hydrogens is 415 g/mol. The molecule has 0 saturated heterocycles. The average Bonchev–Trinajstić information content (AvgIpc) is 2.68. The van der Waals surface area contributed by atoms with E-state index in [4.69, 9.17) is 9.05 Å². The molecule has 0 bridgehead atoms. The predicted octanol–water partition coefficient (Wildman–Crippen LogP) is 5.82. The minimum atomic E-state index is -3.31. The zero-order valence-electron chi connectivity index (χ0n) is 16.4. The van der Waals surface area contributed by atoms with E-state index in [0.717, 1.165) is 17.8 Å². The highest BCUT2D eigenvalue weighted by Crippen LogP contribution is 2.60. The highest BCUT2D eigenvalue weighted by molar-refractivity contribution is 8.55. The summed E-state index contributed by atoms with van der Waals surface area (Å²) in [5.74, 6) is 0.644. The van der Waals surface area contributed by atoms with Gasteiger partial charge in [-0.3, -0.25) is 19.4 Å². The fourth-order valence-corrected chi connectivity index (χ4v) is 5.79. The maximum atomic E-state index is 12.8. The van der Waals surface area contributed by atoms with E-state index in [2.05, 4.69) is 5.32 Å². The number of nitro benzene ring substituents is 1. The Morgan fingerprint density at radius 3 is 2.45 bits per heavy atom. The summed E-state index contributed by atoms with van der Waals surface area (Å²) in [5, 5.41) is 13.5. The minimum Gasteiger partial charge on any atom is -0.417 e. The normalized spacial score (nSPS) is 12.8. The molecule has 0 radical (unpaired) electrons. The number of nitro groups is 1. The number of anilines is 1. The summed E-state index contributed by atoms with van der Waals surface area (Å²) < 4.78 is 23.7. The summed E-state index contributed by atoms with van der Waals surface area (Å²) in [6.45, 7) is 2.48. The Kier molecular flexibility index (Phi) is 8.25. The molecule has 0 saturated carbocycles. The maximum absolute atomic E-state index is 12.8. The van der Waals surface area contributed by atoms with Crippen LogP contribution in [0.3, 0.4) is 0 Å². The first-order valence-electron chi connectivity index (χ1n) is 9.03. The molecule has 2 rings (SSSR count). The molecule has 156 valence electrons. The summed E-state index contributed by atoms with van der Waals surface area (Å²) in [4.78, 5) is 22.6. The lowest BCUT2D eigenvalue weighted by molar-refractivity contribution is -0.384. The Morgan fingerprint density at radius 2 is 1.90 bits per heavy atom. The summed E-state index contributed by atoms with van der Waals surface area (Å²) in [7, 11) is 0. The third kappa shape index (κ3) is 6.59. The number of amides is 1. The third-order valence-corrected chi connectivity index (χ3v) is 7.70. The van der Waals surface area contributed by atoms with Gasteiger partial charge in [0.15, 0.2) is 0 Å². The number of nitrogens with one attached hydrogen (secondary N) is 1. The molecule has 1 amide bonds. The van der Waals surface area contributed by atoms with E-state index in [1.54, 1.807) is 32.0 Å². The van der Waals surface area contributed by atoms with E-state index in [1.807, 2.05) is 6.92 Å². The Hall–Kier alpha value is -2.35. The Bertz CT molecular complexity index is 919. The van der Waals surface area contributed by atoms with Crippen molar-refractivity contribution in [1.82, 2.24) is 0 Å². The molecule has 0 aliphatic carbocycles. The SMILES string of the molecule is CCCSP(=O)(OCC)Oc1ccc(NC(=O)c2ccc([N+](=O)[O-])cc2)c(C)c1. The quantitative estimate of drug-likeness (QED) is 0.283. The first kappa shape index (κ1) is 22.9. The van der Waals surface area contributed by atoms with Crippen LogP contribution in [-0.4, -0.2) is 23.2 Å². The minimum absolute atomic E-state index is 0.0843. The molecule has 1 unspecified atom stereocenters. The highest BCUT2D eigenvalue weighted by atomic mass is 32.7. The lowest BCUT2D eigenvalue weighted by atomic mass is 10.1. The second-order valence-electron chi connectivity index (χ2n) is 6.02. The Morgan fingerprint density at radius 1 is 1.21 bits per heavy atom. The fourth-order valence-electron chi connectivity index (χ4n) is 2.34. The van der Waals surface area contributed by atoms with Gasteiger partial charge in [0.25, 0.3) is 11.6 Å². The first-order chi connectivity index (χ1) is 13.8. The monoisotopic (exact) mass is 438 g/mol. The van der Waals surface area contributed by atoms with Crippen LogP contribution in [0.4, 0.5) is 11.4 Å². The van der Waals surface area contributed by atoms with Crippen LogP contribution < -0.4 is 9.84 Å². The van der Waals surface area contributed by atoms with Crippen molar-refractivity contribution < 1.29 is 23.3 Å². The van der Waals surface area contributed by atoms with Crippen molar-refractivity contribution >= 4 is 35.5 Å². The molecule has 0 aliphatic rings. The number of carbonyl (C=O) groups excluding carboxylic acids is 1. The van der Waals surface area contributed by atoms with Gasteiger partial charge in [0.1, 0.15) is 5.75 Å². The van der Waals surface area contributed by atoms with Crippen molar-refractivity contribution in [3.8, 4) is 5.75 Å². The summed E-state index contributed by atoms with van der Waals surface area (Å²) in [6.07, 6.45) is 0.845. The molecule has 0 heterocycles. The van der Waals surface area contributed by atoms with Gasteiger partial charge >= 0.3 is 6.80 Å². The number of non-ortho nitro benzene ring substituents is 1. The molecule has 0 spiro atoms. The summed E-state index contributed by atoms with van der Waals surface area (Å²) in [6, 6.07) is 10.3. The molecule has 0 aromatic heterocycles. The lowest BCUT2D eigenvalue weighted by Crippen LogP contribution is -2.12. The number of nitrogens with zero attached hydrogens (tertiary/aromatic N) is 1. The van der Waals surface area contributed by atoms with Crippen molar-refractivity contribution in [2.45, 2.75) is 27.2 Å². The second-order valence-corrected chi connectivity index (χ2v) is 10.1. The van der Waals surface area contributed by atoms with E-state index in [9.17, 15) is 19.5 Å². The predicted molar refractivity (Wildman–Crippen MR) is 115 cm³/mol. The largest absolute Gasteiger partial charge is 0.440 e. The third-order valence-electron chi connectivity index (χ3n) is 3.74. The van der Waals surface area contributed by atoms with Crippen LogP contribution in [0.5, 0.6) is 5.75 Å². The molecular formula is C19H23N2O6PS. The van der Waals surface area contributed by atoms with E-state index in [1.165, 1.54) is 24.3 Å². The maximum Gasteiger partial charge on any atom is 0.440 e. The van der Waals surface area contributed by atoms with Gasteiger partial charge < -0.3 is 9.84 Å². The van der Waals surface area contributed by atoms with Gasteiger partial charge in [-0.2, -0.15) is 0 Å². The van der Waals surface area contributed by atoms with Gasteiger partial charge in [-0.25, -0.2) is 4.57 Å². The number of rotatable bonds is 10. The van der Waals surface area contributed by atoms with Gasteiger partial charge in [0.2, 0.25) is 0 Å². The molecule has 10 heteroatoms. The van der Waals surface area contributed by atoms with Crippen molar-refractivity contribution in [3.05, 3.63) is 63.7 Å². The van der Waals surface area contributed by atoms with Crippen LogP contribution in [0.25, 0.3) is 0 Å². The number of carbonyl (C=O) groups is 1. The van der Waals surface area contributed by atoms with Gasteiger partial charge in [0, 0.05) is 29.1 Å². The molecule has 1 atom stereocenters. The molecule has 2 aromatic rings. The highest BCUT2D eigenvalue weighted by Gasteiger charge is 2.26. The van der Waals surface area contributed by atoms with Crippen molar-refractivity contribution in [1.29, 1.82) is 0 Å². The van der Waals surface area contributed by atoms with Crippen molar-refractivity contribution in [2.75, 3.05) is 17.7 Å². The fraction of sp³-hybridized carbons (Fsp3) is 0.316. The molecule has 1 N–H and O–H groups in total. The van der Waals surface area contributed by atoms with Crippen LogP contribution in [0.15, 0.2) is 42.5 Å². The molecule has 0 fully saturated rings. The topological polar surface area (TPSA) is 108 Å². The van der Waals surface area contributed by atoms with Crippen LogP contribution in [0, 0.1) is 17.0 Å². The second kappa shape index (κ2) is 10.4. The molecule has 8 nitrogen and oxygen atoms in total. The van der Waals surface area contributed by atoms with E-state index in [-0.39, 0.29) is 12.3 Å². The van der Waals surface area contributed by atoms with Crippen LogP contribution in [-0.2, 0) is 9.09 Å². The number of benzene rings is 2. The molecule has 2 aromatic carbocycles. The molecule has 0 aliphatic heterocycles. The zero-order valence-corrected chi connectivity index (χ0v) is 18.1. The standard InChI is InChI=1S/C19H23N2O6PS/c1-4-12-29-28(25,26-5-2)27-17-10-11-18(14(3)13-17)20-19(22)15-6-8-16(9-7-15)21(23)24/h6-11,13H,4-5,12H2,1-3H3,(H,20,22). The Balaban J connectivity index is 2.11. The molecule has 29 heavy (non-hydrogen) atoms. The lowest BCUT2D eigenvalue weighted by Gasteiger charge is -2.18. The smallest absolute Gasteiger partial charge is 0.417 e.